The number of pyridine rings is 1. The Balaban J connectivity index is 2.20. The van der Waals surface area contributed by atoms with Gasteiger partial charge in [-0.3, -0.25) is 15.1 Å². The van der Waals surface area contributed by atoms with Crippen molar-refractivity contribution >= 4 is 28.1 Å². The summed E-state index contributed by atoms with van der Waals surface area (Å²) in [6, 6.07) is 1.79. The highest BCUT2D eigenvalue weighted by Gasteiger charge is 2.13. The van der Waals surface area contributed by atoms with Crippen molar-refractivity contribution in [3.8, 4) is 0 Å². The maximum atomic E-state index is 12.2. The van der Waals surface area contributed by atoms with Crippen molar-refractivity contribution in [1.82, 2.24) is 9.97 Å². The average molecular weight is 276 g/mol. The first-order chi connectivity index (χ1) is 9.11. The van der Waals surface area contributed by atoms with Crippen LogP contribution in [0.2, 0.25) is 0 Å². The number of nitrogens with one attached hydrogen (secondary N) is 2. The van der Waals surface area contributed by atoms with E-state index < -0.39 is 0 Å². The van der Waals surface area contributed by atoms with Gasteiger partial charge in [-0.25, -0.2) is 4.98 Å². The Kier molecular flexibility index (Phi) is 4.11. The predicted molar refractivity (Wildman–Crippen MR) is 77.9 cm³/mol. The van der Waals surface area contributed by atoms with Crippen LogP contribution in [0.4, 0.5) is 10.8 Å². The van der Waals surface area contributed by atoms with E-state index in [1.54, 1.807) is 18.5 Å². The van der Waals surface area contributed by atoms with E-state index in [0.717, 1.165) is 22.8 Å². The Morgan fingerprint density at radius 1 is 1.42 bits per heavy atom. The molecule has 0 atom stereocenters. The Bertz CT molecular complexity index is 575. The van der Waals surface area contributed by atoms with E-state index in [4.69, 9.17) is 0 Å². The fraction of sp³-hybridized carbons (Fsp3) is 0.308. The van der Waals surface area contributed by atoms with E-state index in [1.165, 1.54) is 11.3 Å². The zero-order valence-electron chi connectivity index (χ0n) is 11.2. The summed E-state index contributed by atoms with van der Waals surface area (Å²) in [5, 5.41) is 6.57. The summed E-state index contributed by atoms with van der Waals surface area (Å²) in [7, 11) is 0. The van der Waals surface area contributed by atoms with Crippen LogP contribution in [0.3, 0.4) is 0 Å². The number of anilines is 2. The van der Waals surface area contributed by atoms with Gasteiger partial charge in [-0.1, -0.05) is 0 Å². The summed E-state index contributed by atoms with van der Waals surface area (Å²) in [5.74, 6) is -0.196. The molecule has 2 N–H and O–H groups in total. The van der Waals surface area contributed by atoms with Crippen molar-refractivity contribution < 1.29 is 4.79 Å². The molecule has 0 spiro atoms. The average Bonchev–Trinajstić information content (AvgIpc) is 2.69. The van der Waals surface area contributed by atoms with Gasteiger partial charge in [-0.2, -0.15) is 0 Å². The lowest BCUT2D eigenvalue weighted by Crippen LogP contribution is -2.15. The van der Waals surface area contributed by atoms with Gasteiger partial charge >= 0.3 is 0 Å². The van der Waals surface area contributed by atoms with Crippen LogP contribution in [0.15, 0.2) is 18.5 Å². The molecule has 0 saturated carbocycles. The monoisotopic (exact) mass is 276 g/mol. The second-order valence-corrected chi connectivity index (χ2v) is 5.27. The van der Waals surface area contributed by atoms with Crippen LogP contribution < -0.4 is 10.6 Å². The van der Waals surface area contributed by atoms with Crippen molar-refractivity contribution in [2.45, 2.75) is 20.8 Å². The minimum Gasteiger partial charge on any atom is -0.385 e. The molecular formula is C13H16N4OS. The standard InChI is InChI=1S/C13H16N4OS/c1-4-15-11-5-6-14-7-10(11)12(18)17-13-16-8(2)9(3)19-13/h5-7H,4H2,1-3H3,(H,14,15)(H,16,17,18). The minimum atomic E-state index is -0.196. The first kappa shape index (κ1) is 13.5. The number of carbonyl (C=O) groups excluding carboxylic acids is 1. The highest BCUT2D eigenvalue weighted by Crippen LogP contribution is 2.22. The van der Waals surface area contributed by atoms with Crippen LogP contribution in [-0.2, 0) is 0 Å². The van der Waals surface area contributed by atoms with E-state index in [-0.39, 0.29) is 5.91 Å². The van der Waals surface area contributed by atoms with Gasteiger partial charge in [0.1, 0.15) is 0 Å². The Hall–Kier alpha value is -1.95. The number of nitrogens with zero attached hydrogens (tertiary/aromatic N) is 2. The summed E-state index contributed by atoms with van der Waals surface area (Å²) < 4.78 is 0. The normalized spacial score (nSPS) is 10.3. The molecule has 2 rings (SSSR count). The van der Waals surface area contributed by atoms with E-state index in [9.17, 15) is 4.79 Å². The van der Waals surface area contributed by atoms with Gasteiger partial charge in [0, 0.05) is 23.8 Å². The Morgan fingerprint density at radius 2 is 2.21 bits per heavy atom. The third-order valence-corrected chi connectivity index (χ3v) is 3.67. The molecule has 6 heteroatoms. The second-order valence-electron chi connectivity index (χ2n) is 4.07. The topological polar surface area (TPSA) is 66.9 Å². The van der Waals surface area contributed by atoms with Gasteiger partial charge in [0.25, 0.3) is 5.91 Å². The van der Waals surface area contributed by atoms with Gasteiger partial charge in [-0.05, 0) is 26.8 Å². The predicted octanol–water partition coefficient (Wildman–Crippen LogP) is 2.84. The number of amides is 1. The Labute approximate surface area is 116 Å². The molecule has 0 bridgehead atoms. The molecule has 0 aromatic carbocycles. The SMILES string of the molecule is CCNc1ccncc1C(=O)Nc1nc(C)c(C)s1. The van der Waals surface area contributed by atoms with Gasteiger partial charge < -0.3 is 5.32 Å². The molecule has 0 radical (unpaired) electrons. The Morgan fingerprint density at radius 3 is 2.84 bits per heavy atom. The fourth-order valence-electron chi connectivity index (χ4n) is 1.61. The van der Waals surface area contributed by atoms with Crippen LogP contribution in [0.5, 0.6) is 0 Å². The van der Waals surface area contributed by atoms with E-state index in [1.807, 2.05) is 20.8 Å². The molecule has 1 amide bonds. The lowest BCUT2D eigenvalue weighted by molar-refractivity contribution is 0.102. The first-order valence-electron chi connectivity index (χ1n) is 6.05. The number of hydrogen-bond acceptors (Lipinski definition) is 5. The van der Waals surface area contributed by atoms with Crippen molar-refractivity contribution in [3.05, 3.63) is 34.6 Å². The molecule has 2 heterocycles. The van der Waals surface area contributed by atoms with Crippen molar-refractivity contribution in [2.75, 3.05) is 17.2 Å². The van der Waals surface area contributed by atoms with Crippen LogP contribution in [0.25, 0.3) is 0 Å². The molecule has 2 aromatic heterocycles. The fourth-order valence-corrected chi connectivity index (χ4v) is 2.42. The van der Waals surface area contributed by atoms with E-state index >= 15 is 0 Å². The molecular weight excluding hydrogens is 260 g/mol. The van der Waals surface area contributed by atoms with Crippen LogP contribution >= 0.6 is 11.3 Å². The quantitative estimate of drug-likeness (QED) is 0.901. The summed E-state index contributed by atoms with van der Waals surface area (Å²) in [6.07, 6.45) is 3.22. The molecule has 19 heavy (non-hydrogen) atoms. The summed E-state index contributed by atoms with van der Waals surface area (Å²) >= 11 is 1.47. The van der Waals surface area contributed by atoms with Crippen molar-refractivity contribution in [1.29, 1.82) is 0 Å². The molecule has 2 aromatic rings. The lowest BCUT2D eigenvalue weighted by atomic mass is 10.2. The number of aromatic nitrogens is 2. The largest absolute Gasteiger partial charge is 0.385 e. The zero-order valence-corrected chi connectivity index (χ0v) is 12.0. The molecule has 0 aliphatic heterocycles. The molecule has 0 aliphatic carbocycles. The van der Waals surface area contributed by atoms with Crippen LogP contribution in [-0.4, -0.2) is 22.4 Å². The number of aryl methyl sites for hydroxylation is 2. The summed E-state index contributed by atoms with van der Waals surface area (Å²) in [4.78, 5) is 21.6. The van der Waals surface area contributed by atoms with Crippen molar-refractivity contribution in [2.24, 2.45) is 0 Å². The van der Waals surface area contributed by atoms with Gasteiger partial charge in [0.2, 0.25) is 0 Å². The molecule has 100 valence electrons. The number of carbonyl (C=O) groups is 1. The second kappa shape index (κ2) is 5.79. The summed E-state index contributed by atoms with van der Waals surface area (Å²) in [5.41, 5.74) is 2.24. The molecule has 0 fully saturated rings. The third kappa shape index (κ3) is 3.08. The van der Waals surface area contributed by atoms with E-state index in [0.29, 0.717) is 10.7 Å². The smallest absolute Gasteiger partial charge is 0.261 e. The van der Waals surface area contributed by atoms with Gasteiger partial charge in [0.15, 0.2) is 5.13 Å². The number of rotatable bonds is 4. The third-order valence-electron chi connectivity index (χ3n) is 2.68. The molecule has 0 unspecified atom stereocenters. The first-order valence-corrected chi connectivity index (χ1v) is 6.86. The maximum absolute atomic E-state index is 12.2. The summed E-state index contributed by atoms with van der Waals surface area (Å²) in [6.45, 7) is 6.64. The highest BCUT2D eigenvalue weighted by molar-refractivity contribution is 7.15. The maximum Gasteiger partial charge on any atom is 0.261 e. The number of thiazole rings is 1. The van der Waals surface area contributed by atoms with Crippen LogP contribution in [0, 0.1) is 13.8 Å². The van der Waals surface area contributed by atoms with Gasteiger partial charge in [0.05, 0.1) is 16.9 Å². The molecule has 5 nitrogen and oxygen atoms in total. The van der Waals surface area contributed by atoms with Crippen molar-refractivity contribution in [3.63, 3.8) is 0 Å². The van der Waals surface area contributed by atoms with Crippen LogP contribution in [0.1, 0.15) is 27.9 Å². The lowest BCUT2D eigenvalue weighted by Gasteiger charge is -2.08. The molecule has 0 aliphatic rings. The highest BCUT2D eigenvalue weighted by atomic mass is 32.1. The molecule has 0 saturated heterocycles. The minimum absolute atomic E-state index is 0.196. The zero-order chi connectivity index (χ0) is 13.8. The number of hydrogen-bond donors (Lipinski definition) is 2. The van der Waals surface area contributed by atoms with Gasteiger partial charge in [-0.15, -0.1) is 11.3 Å². The van der Waals surface area contributed by atoms with E-state index in [2.05, 4.69) is 20.6 Å².